The van der Waals surface area contributed by atoms with E-state index in [9.17, 15) is 14.7 Å². The Hall–Kier alpha value is -1.10. The smallest absolute Gasteiger partial charge is 0.331 e. The molecule has 0 spiro atoms. The van der Waals surface area contributed by atoms with Crippen LogP contribution in [0.3, 0.4) is 0 Å². The maximum absolute atomic E-state index is 11.2. The number of fused-ring (bicyclic) bond motifs is 1. The van der Waals surface area contributed by atoms with Gasteiger partial charge in [0.05, 0.1) is 0 Å². The Morgan fingerprint density at radius 2 is 2.36 bits per heavy atom. The van der Waals surface area contributed by atoms with E-state index in [1.54, 1.807) is 0 Å². The first-order valence-corrected chi connectivity index (χ1v) is 4.89. The Morgan fingerprint density at radius 3 is 3.00 bits per heavy atom. The number of carbonyl (C=O) groups excluding carboxylic acids is 1. The zero-order valence-electron chi connectivity index (χ0n) is 7.90. The summed E-state index contributed by atoms with van der Waals surface area (Å²) in [5.74, 6) is -0.904. The molecule has 0 aromatic rings. The molecular weight excluding hydrogens is 184 g/mol. The van der Waals surface area contributed by atoms with Crippen molar-refractivity contribution >= 4 is 12.4 Å². The molecule has 2 aliphatic heterocycles. The van der Waals surface area contributed by atoms with E-state index in [0.29, 0.717) is 12.8 Å². The van der Waals surface area contributed by atoms with Crippen LogP contribution in [0.15, 0.2) is 0 Å². The first kappa shape index (κ1) is 9.45. The van der Waals surface area contributed by atoms with E-state index >= 15 is 0 Å². The molecule has 0 aromatic heterocycles. The topological polar surface area (TPSA) is 69.6 Å². The van der Waals surface area contributed by atoms with Crippen molar-refractivity contribution in [1.29, 1.82) is 0 Å². The summed E-state index contributed by atoms with van der Waals surface area (Å²) in [7, 11) is 0. The minimum Gasteiger partial charge on any atom is -0.479 e. The van der Waals surface area contributed by atoms with Crippen LogP contribution in [0.5, 0.6) is 0 Å². The lowest BCUT2D eigenvalue weighted by Crippen LogP contribution is -2.58. The minimum atomic E-state index is -1.03. The predicted octanol–water partition coefficient (Wildman–Crippen LogP) is -0.576. The minimum absolute atomic E-state index is 0.00907. The number of aliphatic carboxylic acids is 1. The molecule has 0 aromatic carbocycles. The van der Waals surface area contributed by atoms with Crippen LogP contribution in [0.25, 0.3) is 0 Å². The summed E-state index contributed by atoms with van der Waals surface area (Å²) in [5.41, 5.74) is -1.03. The largest absolute Gasteiger partial charge is 0.479 e. The van der Waals surface area contributed by atoms with E-state index in [-0.39, 0.29) is 6.04 Å². The summed E-state index contributed by atoms with van der Waals surface area (Å²) >= 11 is 0. The van der Waals surface area contributed by atoms with Gasteiger partial charge in [0, 0.05) is 12.6 Å². The third kappa shape index (κ3) is 1.12. The van der Waals surface area contributed by atoms with Gasteiger partial charge in [0.25, 0.3) is 0 Å². The fourth-order valence-corrected chi connectivity index (χ4v) is 2.72. The lowest BCUT2D eigenvalue weighted by atomic mass is 9.89. The Morgan fingerprint density at radius 1 is 1.57 bits per heavy atom. The van der Waals surface area contributed by atoms with Crippen LogP contribution in [0.4, 0.5) is 0 Å². The summed E-state index contributed by atoms with van der Waals surface area (Å²) in [4.78, 5) is 23.8. The van der Waals surface area contributed by atoms with Crippen LogP contribution < -0.4 is 5.32 Å². The molecule has 14 heavy (non-hydrogen) atoms. The summed E-state index contributed by atoms with van der Waals surface area (Å²) < 4.78 is 0. The number of carboxylic acid groups (broad SMARTS) is 1. The number of carboxylic acids is 1. The van der Waals surface area contributed by atoms with Crippen molar-refractivity contribution < 1.29 is 14.7 Å². The molecular formula is C9H14N2O3. The van der Waals surface area contributed by atoms with Crippen LogP contribution in [0.2, 0.25) is 0 Å². The van der Waals surface area contributed by atoms with E-state index in [1.165, 1.54) is 0 Å². The highest BCUT2D eigenvalue weighted by Crippen LogP contribution is 2.35. The number of hydrogen-bond donors (Lipinski definition) is 2. The number of rotatable bonds is 3. The van der Waals surface area contributed by atoms with Gasteiger partial charge >= 0.3 is 5.97 Å². The molecule has 2 N–H and O–H groups in total. The van der Waals surface area contributed by atoms with Crippen molar-refractivity contribution in [2.24, 2.45) is 0 Å². The lowest BCUT2D eigenvalue weighted by molar-refractivity contribution is -0.147. The molecule has 2 saturated heterocycles. The highest BCUT2D eigenvalue weighted by molar-refractivity contribution is 5.83. The standard InChI is InChI=1S/C9H14N2O3/c12-6-10-9(8(13)14)3-5-11-4-1-2-7(9)11/h6-7H,1-5H2,(H,10,12)(H,13,14). The van der Waals surface area contributed by atoms with Crippen LogP contribution in [-0.4, -0.2) is 47.1 Å². The van der Waals surface area contributed by atoms with Crippen LogP contribution in [-0.2, 0) is 9.59 Å². The summed E-state index contributed by atoms with van der Waals surface area (Å²) in [6.07, 6.45) is 2.93. The van der Waals surface area contributed by atoms with E-state index in [0.717, 1.165) is 25.9 Å². The van der Waals surface area contributed by atoms with Crippen molar-refractivity contribution in [3.8, 4) is 0 Å². The quantitative estimate of drug-likeness (QED) is 0.595. The van der Waals surface area contributed by atoms with E-state index in [2.05, 4.69) is 10.2 Å². The molecule has 5 nitrogen and oxygen atoms in total. The van der Waals surface area contributed by atoms with E-state index in [4.69, 9.17) is 0 Å². The Labute approximate surface area is 82.1 Å². The molecule has 0 bridgehead atoms. The first-order chi connectivity index (χ1) is 6.70. The molecule has 2 rings (SSSR count). The van der Waals surface area contributed by atoms with Gasteiger partial charge in [0.1, 0.15) is 0 Å². The molecule has 5 heteroatoms. The first-order valence-electron chi connectivity index (χ1n) is 4.89. The monoisotopic (exact) mass is 198 g/mol. The van der Waals surface area contributed by atoms with E-state index in [1.807, 2.05) is 0 Å². The van der Waals surface area contributed by atoms with Gasteiger partial charge in [-0.25, -0.2) is 4.79 Å². The number of nitrogens with one attached hydrogen (secondary N) is 1. The summed E-state index contributed by atoms with van der Waals surface area (Å²) in [5, 5.41) is 11.7. The van der Waals surface area contributed by atoms with Crippen LogP contribution in [0, 0.1) is 0 Å². The molecule has 2 heterocycles. The Kier molecular flexibility index (Phi) is 2.19. The van der Waals surface area contributed by atoms with Crippen molar-refractivity contribution in [2.45, 2.75) is 30.8 Å². The molecule has 2 unspecified atom stereocenters. The number of hydrogen-bond acceptors (Lipinski definition) is 3. The third-order valence-corrected chi connectivity index (χ3v) is 3.42. The molecule has 0 saturated carbocycles. The zero-order valence-corrected chi connectivity index (χ0v) is 7.90. The number of amides is 1. The van der Waals surface area contributed by atoms with Crippen molar-refractivity contribution in [3.63, 3.8) is 0 Å². The molecule has 2 aliphatic rings. The highest BCUT2D eigenvalue weighted by atomic mass is 16.4. The number of nitrogens with zero attached hydrogens (tertiary/aromatic N) is 1. The molecule has 0 radical (unpaired) electrons. The van der Waals surface area contributed by atoms with Gasteiger partial charge in [0.2, 0.25) is 6.41 Å². The molecule has 1 amide bonds. The Bertz CT molecular complexity index is 269. The zero-order chi connectivity index (χ0) is 10.2. The van der Waals surface area contributed by atoms with Crippen molar-refractivity contribution in [2.75, 3.05) is 13.1 Å². The predicted molar refractivity (Wildman–Crippen MR) is 48.8 cm³/mol. The maximum Gasteiger partial charge on any atom is 0.331 e. The molecule has 0 aliphatic carbocycles. The van der Waals surface area contributed by atoms with Gasteiger partial charge in [-0.15, -0.1) is 0 Å². The van der Waals surface area contributed by atoms with Gasteiger partial charge in [0.15, 0.2) is 5.54 Å². The fraction of sp³-hybridized carbons (Fsp3) is 0.778. The average molecular weight is 198 g/mol. The molecule has 2 fully saturated rings. The highest BCUT2D eigenvalue weighted by Gasteiger charge is 2.54. The fourth-order valence-electron chi connectivity index (χ4n) is 2.72. The van der Waals surface area contributed by atoms with Crippen molar-refractivity contribution in [3.05, 3.63) is 0 Å². The van der Waals surface area contributed by atoms with Crippen molar-refractivity contribution in [1.82, 2.24) is 10.2 Å². The third-order valence-electron chi connectivity index (χ3n) is 3.42. The normalized spacial score (nSPS) is 36.7. The number of carbonyl (C=O) groups is 2. The van der Waals surface area contributed by atoms with Crippen LogP contribution in [0.1, 0.15) is 19.3 Å². The van der Waals surface area contributed by atoms with Gasteiger partial charge in [-0.05, 0) is 25.8 Å². The lowest BCUT2D eigenvalue weighted by Gasteiger charge is -2.30. The van der Waals surface area contributed by atoms with Gasteiger partial charge in [-0.2, -0.15) is 0 Å². The second-order valence-electron chi connectivity index (χ2n) is 3.98. The maximum atomic E-state index is 11.2. The SMILES string of the molecule is O=CNC1(C(=O)O)CCN2CCCC21. The van der Waals surface area contributed by atoms with E-state index < -0.39 is 11.5 Å². The Balaban J connectivity index is 2.26. The van der Waals surface area contributed by atoms with Gasteiger partial charge in [-0.3, -0.25) is 9.69 Å². The second kappa shape index (κ2) is 3.24. The summed E-state index contributed by atoms with van der Waals surface area (Å²) in [6, 6.07) is -0.00907. The molecule has 78 valence electrons. The van der Waals surface area contributed by atoms with Gasteiger partial charge < -0.3 is 10.4 Å². The molecule has 2 atom stereocenters. The van der Waals surface area contributed by atoms with Gasteiger partial charge in [-0.1, -0.05) is 0 Å². The second-order valence-corrected chi connectivity index (χ2v) is 3.98. The van der Waals surface area contributed by atoms with Crippen LogP contribution >= 0.6 is 0 Å². The summed E-state index contributed by atoms with van der Waals surface area (Å²) in [6.45, 7) is 1.73. The average Bonchev–Trinajstić information content (AvgIpc) is 2.68.